The number of hydrogen-bond donors (Lipinski definition) is 0. The van der Waals surface area contributed by atoms with E-state index in [1.807, 2.05) is 4.90 Å². The lowest BCUT2D eigenvalue weighted by Crippen LogP contribution is -2.50. The predicted octanol–water partition coefficient (Wildman–Crippen LogP) is 2.26. The fourth-order valence-corrected chi connectivity index (χ4v) is 2.21. The van der Waals surface area contributed by atoms with Crippen molar-refractivity contribution in [3.05, 3.63) is 0 Å². The summed E-state index contributed by atoms with van der Waals surface area (Å²) in [6.45, 7) is 6.79. The Hall–Kier alpha value is -1.26. The predicted molar refractivity (Wildman–Crippen MR) is 73.9 cm³/mol. The lowest BCUT2D eigenvalue weighted by molar-refractivity contribution is -0.132. The van der Waals surface area contributed by atoms with Crippen LogP contribution in [0.2, 0.25) is 0 Å². The molecule has 0 bridgehead atoms. The van der Waals surface area contributed by atoms with Gasteiger partial charge in [-0.15, -0.1) is 0 Å². The molecule has 0 aliphatic carbocycles. The molecular formula is C14H26N2O3. The van der Waals surface area contributed by atoms with Gasteiger partial charge < -0.3 is 14.5 Å². The summed E-state index contributed by atoms with van der Waals surface area (Å²) < 4.78 is 4.95. The molecule has 19 heavy (non-hydrogen) atoms. The number of amides is 2. The van der Waals surface area contributed by atoms with Gasteiger partial charge >= 0.3 is 6.09 Å². The molecule has 5 heteroatoms. The maximum Gasteiger partial charge on any atom is 0.409 e. The number of rotatable bonds is 6. The van der Waals surface area contributed by atoms with E-state index >= 15 is 0 Å². The van der Waals surface area contributed by atoms with Crippen molar-refractivity contribution in [2.24, 2.45) is 0 Å². The van der Waals surface area contributed by atoms with Crippen molar-refractivity contribution in [3.8, 4) is 0 Å². The monoisotopic (exact) mass is 270 g/mol. The Morgan fingerprint density at radius 1 is 0.947 bits per heavy atom. The van der Waals surface area contributed by atoms with E-state index in [9.17, 15) is 9.59 Å². The quantitative estimate of drug-likeness (QED) is 0.696. The largest absolute Gasteiger partial charge is 0.450 e. The molecule has 1 aliphatic heterocycles. The zero-order valence-corrected chi connectivity index (χ0v) is 12.2. The summed E-state index contributed by atoms with van der Waals surface area (Å²) in [6, 6.07) is 0. The van der Waals surface area contributed by atoms with Gasteiger partial charge in [0.25, 0.3) is 0 Å². The van der Waals surface area contributed by atoms with Crippen LogP contribution in [0.5, 0.6) is 0 Å². The number of piperazine rings is 1. The third kappa shape index (κ3) is 5.49. The molecule has 1 aliphatic rings. The molecule has 0 aromatic carbocycles. The molecule has 5 nitrogen and oxygen atoms in total. The molecule has 0 unspecified atom stereocenters. The van der Waals surface area contributed by atoms with Crippen molar-refractivity contribution in [2.45, 2.75) is 46.0 Å². The van der Waals surface area contributed by atoms with Crippen LogP contribution in [-0.2, 0) is 9.53 Å². The molecular weight excluding hydrogens is 244 g/mol. The third-order valence-corrected chi connectivity index (χ3v) is 3.40. The second kappa shape index (κ2) is 8.77. The molecule has 0 atom stereocenters. The van der Waals surface area contributed by atoms with Crippen LogP contribution in [0.25, 0.3) is 0 Å². The Morgan fingerprint density at radius 2 is 1.58 bits per heavy atom. The second-order valence-electron chi connectivity index (χ2n) is 4.88. The molecule has 0 aromatic heterocycles. The van der Waals surface area contributed by atoms with Gasteiger partial charge in [0.2, 0.25) is 5.91 Å². The van der Waals surface area contributed by atoms with Crippen molar-refractivity contribution in [2.75, 3.05) is 32.8 Å². The molecule has 1 fully saturated rings. The van der Waals surface area contributed by atoms with Crippen molar-refractivity contribution >= 4 is 12.0 Å². The average molecular weight is 270 g/mol. The molecule has 1 rings (SSSR count). The fraction of sp³-hybridized carbons (Fsp3) is 0.857. The van der Waals surface area contributed by atoms with Gasteiger partial charge in [0.1, 0.15) is 0 Å². The second-order valence-corrected chi connectivity index (χ2v) is 4.88. The van der Waals surface area contributed by atoms with Crippen LogP contribution in [0.4, 0.5) is 4.79 Å². The minimum absolute atomic E-state index is 0.222. The summed E-state index contributed by atoms with van der Waals surface area (Å²) >= 11 is 0. The molecule has 110 valence electrons. The first-order chi connectivity index (χ1) is 9.19. The van der Waals surface area contributed by atoms with Crippen LogP contribution in [0.3, 0.4) is 0 Å². The topological polar surface area (TPSA) is 49.9 Å². The van der Waals surface area contributed by atoms with Gasteiger partial charge in [-0.05, 0) is 13.3 Å². The SMILES string of the molecule is CCCCCCC(=O)N1CCN(C(=O)OCC)CC1. The van der Waals surface area contributed by atoms with Crippen molar-refractivity contribution in [1.29, 1.82) is 0 Å². The molecule has 0 aromatic rings. The molecule has 1 heterocycles. The Bertz CT molecular complexity index is 286. The molecule has 0 spiro atoms. The fourth-order valence-electron chi connectivity index (χ4n) is 2.21. The van der Waals surface area contributed by atoms with Crippen molar-refractivity contribution in [3.63, 3.8) is 0 Å². The van der Waals surface area contributed by atoms with Gasteiger partial charge in [0.15, 0.2) is 0 Å². The normalized spacial score (nSPS) is 15.5. The van der Waals surface area contributed by atoms with E-state index in [4.69, 9.17) is 4.74 Å². The smallest absolute Gasteiger partial charge is 0.409 e. The minimum atomic E-state index is -0.266. The summed E-state index contributed by atoms with van der Waals surface area (Å²) in [5.41, 5.74) is 0. The van der Waals surface area contributed by atoms with Gasteiger partial charge in [-0.1, -0.05) is 26.2 Å². The Morgan fingerprint density at radius 3 is 2.16 bits per heavy atom. The molecule has 0 saturated carbocycles. The number of carbonyl (C=O) groups is 2. The highest BCUT2D eigenvalue weighted by Gasteiger charge is 2.24. The van der Waals surface area contributed by atoms with Crippen LogP contribution >= 0.6 is 0 Å². The van der Waals surface area contributed by atoms with Crippen LogP contribution < -0.4 is 0 Å². The number of unbranched alkanes of at least 4 members (excludes halogenated alkanes) is 3. The van der Waals surface area contributed by atoms with Crippen LogP contribution in [0, 0.1) is 0 Å². The first-order valence-electron chi connectivity index (χ1n) is 7.38. The lowest BCUT2D eigenvalue weighted by atomic mass is 10.1. The van der Waals surface area contributed by atoms with Gasteiger partial charge in [-0.3, -0.25) is 4.79 Å². The van der Waals surface area contributed by atoms with Gasteiger partial charge in [-0.25, -0.2) is 4.79 Å². The van der Waals surface area contributed by atoms with E-state index in [1.165, 1.54) is 12.8 Å². The van der Waals surface area contributed by atoms with Gasteiger partial charge in [0.05, 0.1) is 6.61 Å². The first-order valence-corrected chi connectivity index (χ1v) is 7.38. The Kier molecular flexibility index (Phi) is 7.30. The third-order valence-electron chi connectivity index (χ3n) is 3.40. The van der Waals surface area contributed by atoms with E-state index in [0.717, 1.165) is 12.8 Å². The Balaban J connectivity index is 2.21. The van der Waals surface area contributed by atoms with E-state index in [0.29, 0.717) is 39.2 Å². The summed E-state index contributed by atoms with van der Waals surface area (Å²) in [5.74, 6) is 0.222. The highest BCUT2D eigenvalue weighted by Crippen LogP contribution is 2.09. The highest BCUT2D eigenvalue weighted by molar-refractivity contribution is 5.76. The Labute approximate surface area is 115 Å². The summed E-state index contributed by atoms with van der Waals surface area (Å²) in [6.07, 6.45) is 4.86. The number of ether oxygens (including phenoxy) is 1. The number of carbonyl (C=O) groups excluding carboxylic acids is 2. The van der Waals surface area contributed by atoms with Crippen molar-refractivity contribution < 1.29 is 14.3 Å². The van der Waals surface area contributed by atoms with Crippen molar-refractivity contribution in [1.82, 2.24) is 9.80 Å². The lowest BCUT2D eigenvalue weighted by Gasteiger charge is -2.34. The number of hydrogen-bond acceptors (Lipinski definition) is 3. The highest BCUT2D eigenvalue weighted by atomic mass is 16.6. The summed E-state index contributed by atoms with van der Waals surface area (Å²) in [4.78, 5) is 27.0. The maximum absolute atomic E-state index is 12.0. The van der Waals surface area contributed by atoms with E-state index < -0.39 is 0 Å². The summed E-state index contributed by atoms with van der Waals surface area (Å²) in [5, 5.41) is 0. The van der Waals surface area contributed by atoms with Gasteiger partial charge in [-0.2, -0.15) is 0 Å². The van der Waals surface area contributed by atoms with E-state index in [2.05, 4.69) is 6.92 Å². The molecule has 1 saturated heterocycles. The summed E-state index contributed by atoms with van der Waals surface area (Å²) in [7, 11) is 0. The van der Waals surface area contributed by atoms with E-state index in [1.54, 1.807) is 11.8 Å². The van der Waals surface area contributed by atoms with Crippen LogP contribution in [0.1, 0.15) is 46.0 Å². The van der Waals surface area contributed by atoms with E-state index in [-0.39, 0.29) is 12.0 Å². The maximum atomic E-state index is 12.0. The minimum Gasteiger partial charge on any atom is -0.450 e. The van der Waals surface area contributed by atoms with Crippen LogP contribution in [0.15, 0.2) is 0 Å². The molecule has 2 amide bonds. The zero-order chi connectivity index (χ0) is 14.1. The zero-order valence-electron chi connectivity index (χ0n) is 12.2. The van der Waals surface area contributed by atoms with Gasteiger partial charge in [0, 0.05) is 32.6 Å². The first kappa shape index (κ1) is 15.8. The van der Waals surface area contributed by atoms with Crippen LogP contribution in [-0.4, -0.2) is 54.6 Å². The number of nitrogens with zero attached hydrogens (tertiary/aromatic N) is 2. The standard InChI is InChI=1S/C14H26N2O3/c1-3-5-6-7-8-13(17)15-9-11-16(12-10-15)14(18)19-4-2/h3-12H2,1-2H3. The molecule has 0 N–H and O–H groups in total. The average Bonchev–Trinajstić information content (AvgIpc) is 2.44. The molecule has 0 radical (unpaired) electrons.